The van der Waals surface area contributed by atoms with Gasteiger partial charge in [0.1, 0.15) is 24.4 Å². The van der Waals surface area contributed by atoms with E-state index in [9.17, 15) is 20.4 Å². The van der Waals surface area contributed by atoms with Crippen LogP contribution in [0.25, 0.3) is 0 Å². The molecule has 1 aromatic rings. The van der Waals surface area contributed by atoms with Crippen LogP contribution in [-0.4, -0.2) is 62.8 Å². The van der Waals surface area contributed by atoms with Gasteiger partial charge in [-0.1, -0.05) is 37.3 Å². The van der Waals surface area contributed by atoms with Crippen molar-refractivity contribution in [1.29, 1.82) is 0 Å². The fourth-order valence-electron chi connectivity index (χ4n) is 3.38. The molecule has 3 unspecified atom stereocenters. The third-order valence-corrected chi connectivity index (χ3v) is 6.36. The lowest BCUT2D eigenvalue weighted by Crippen LogP contribution is -2.60. The van der Waals surface area contributed by atoms with Gasteiger partial charge < -0.3 is 25.2 Å². The number of hydrogen-bond donors (Lipinski definition) is 4. The van der Waals surface area contributed by atoms with E-state index in [1.54, 1.807) is 11.8 Å². The molecule has 5 nitrogen and oxygen atoms in total. The summed E-state index contributed by atoms with van der Waals surface area (Å²) in [5, 5.41) is 39.4. The number of ether oxygens (including phenoxy) is 1. The molecule has 0 bridgehead atoms. The number of thioether (sulfide) groups is 1. The molecule has 0 saturated carbocycles. The molecule has 6 heteroatoms. The van der Waals surface area contributed by atoms with Gasteiger partial charge in [0.05, 0.1) is 12.7 Å². The van der Waals surface area contributed by atoms with Crippen molar-refractivity contribution in [3.8, 4) is 0 Å². The van der Waals surface area contributed by atoms with Crippen molar-refractivity contribution in [3.63, 3.8) is 0 Å². The molecule has 1 aromatic carbocycles. The summed E-state index contributed by atoms with van der Waals surface area (Å²) in [7, 11) is 0. The molecule has 0 aliphatic carbocycles. The van der Waals surface area contributed by atoms with Gasteiger partial charge in [-0.15, -0.1) is 11.8 Å². The second-order valence-corrected chi connectivity index (χ2v) is 8.07. The molecular formula is C19H26O5S. The minimum Gasteiger partial charge on any atom is -0.394 e. The lowest BCUT2D eigenvalue weighted by atomic mass is 9.92. The van der Waals surface area contributed by atoms with Crippen LogP contribution in [0.15, 0.2) is 35.2 Å². The first-order valence-corrected chi connectivity index (χ1v) is 9.65. The average molecular weight is 366 g/mol. The highest BCUT2D eigenvalue weighted by Crippen LogP contribution is 2.40. The molecule has 1 saturated heterocycles. The number of rotatable bonds is 5. The van der Waals surface area contributed by atoms with Crippen LogP contribution in [0.3, 0.4) is 0 Å². The SMILES string of the molecule is CCc1ccc(CC2=CCC(C3O[C@H](CO)[C@@H](O)C(O)[C@H]3O)S2)cc1. The minimum absolute atomic E-state index is 0.0314. The summed E-state index contributed by atoms with van der Waals surface area (Å²) < 4.78 is 5.68. The molecule has 6 atom stereocenters. The second-order valence-electron chi connectivity index (χ2n) is 6.70. The van der Waals surface area contributed by atoms with Gasteiger partial charge in [0.25, 0.3) is 0 Å². The Kier molecular flexibility index (Phi) is 6.20. The molecule has 2 heterocycles. The number of benzene rings is 1. The molecule has 0 radical (unpaired) electrons. The maximum Gasteiger partial charge on any atom is 0.111 e. The van der Waals surface area contributed by atoms with E-state index in [1.165, 1.54) is 16.0 Å². The van der Waals surface area contributed by atoms with Crippen LogP contribution in [-0.2, 0) is 17.6 Å². The van der Waals surface area contributed by atoms with E-state index < -0.39 is 30.5 Å². The van der Waals surface area contributed by atoms with Crippen molar-refractivity contribution < 1.29 is 25.2 Å². The second kappa shape index (κ2) is 8.20. The zero-order valence-electron chi connectivity index (χ0n) is 14.3. The van der Waals surface area contributed by atoms with Crippen LogP contribution in [0.2, 0.25) is 0 Å². The molecule has 0 spiro atoms. The first-order chi connectivity index (χ1) is 12.0. The number of aliphatic hydroxyl groups excluding tert-OH is 4. The molecule has 0 aromatic heterocycles. The number of hydrogen-bond acceptors (Lipinski definition) is 6. The molecule has 1 fully saturated rings. The van der Waals surface area contributed by atoms with Crippen LogP contribution in [0, 0.1) is 0 Å². The smallest absolute Gasteiger partial charge is 0.111 e. The fourth-order valence-corrected chi connectivity index (χ4v) is 4.77. The largest absolute Gasteiger partial charge is 0.394 e. The van der Waals surface area contributed by atoms with E-state index in [0.717, 1.165) is 19.3 Å². The topological polar surface area (TPSA) is 90.2 Å². The Labute approximate surface area is 152 Å². The van der Waals surface area contributed by atoms with E-state index in [4.69, 9.17) is 4.74 Å². The molecule has 138 valence electrons. The number of allylic oxidation sites excluding steroid dienone is 2. The van der Waals surface area contributed by atoms with E-state index >= 15 is 0 Å². The molecular weight excluding hydrogens is 340 g/mol. The highest BCUT2D eigenvalue weighted by molar-refractivity contribution is 8.04. The number of aliphatic hydroxyl groups is 4. The summed E-state index contributed by atoms with van der Waals surface area (Å²) in [6.45, 7) is 1.75. The maximum atomic E-state index is 10.3. The van der Waals surface area contributed by atoms with Crippen molar-refractivity contribution in [2.75, 3.05) is 6.61 Å². The Morgan fingerprint density at radius 1 is 1.04 bits per heavy atom. The predicted octanol–water partition coefficient (Wildman–Crippen LogP) is 1.02. The maximum absolute atomic E-state index is 10.3. The van der Waals surface area contributed by atoms with Gasteiger partial charge in [-0.25, -0.2) is 0 Å². The normalized spacial score (nSPS) is 35.6. The van der Waals surface area contributed by atoms with Crippen molar-refractivity contribution in [2.45, 2.75) is 62.0 Å². The van der Waals surface area contributed by atoms with Crippen molar-refractivity contribution >= 4 is 11.8 Å². The molecule has 2 aliphatic rings. The monoisotopic (exact) mass is 366 g/mol. The van der Waals surface area contributed by atoms with E-state index in [-0.39, 0.29) is 11.9 Å². The standard InChI is InChI=1S/C19H26O5S/c1-2-11-3-5-12(6-4-11)9-13-7-8-15(25-13)19-18(23)17(22)16(21)14(10-20)24-19/h3-7,14-23H,2,8-10H2,1H3/t14-,15?,16-,17?,18-,19?/m1/s1. The summed E-state index contributed by atoms with van der Waals surface area (Å²) in [4.78, 5) is 1.21. The van der Waals surface area contributed by atoms with E-state index in [2.05, 4.69) is 37.3 Å². The van der Waals surface area contributed by atoms with E-state index in [0.29, 0.717) is 0 Å². The Morgan fingerprint density at radius 3 is 2.36 bits per heavy atom. The summed E-state index contributed by atoms with van der Waals surface area (Å²) in [5.41, 5.74) is 2.56. The highest BCUT2D eigenvalue weighted by Gasteiger charge is 2.47. The van der Waals surface area contributed by atoms with Crippen molar-refractivity contribution in [2.24, 2.45) is 0 Å². The van der Waals surface area contributed by atoms with Crippen LogP contribution in [0.1, 0.15) is 24.5 Å². The van der Waals surface area contributed by atoms with Gasteiger partial charge in [-0.3, -0.25) is 0 Å². The van der Waals surface area contributed by atoms with Gasteiger partial charge in [-0.2, -0.15) is 0 Å². The summed E-state index contributed by atoms with van der Waals surface area (Å²) >= 11 is 1.64. The van der Waals surface area contributed by atoms with Crippen molar-refractivity contribution in [1.82, 2.24) is 0 Å². The quantitative estimate of drug-likeness (QED) is 0.622. The molecule has 25 heavy (non-hydrogen) atoms. The summed E-state index contributed by atoms with van der Waals surface area (Å²) in [5.74, 6) is 0. The summed E-state index contributed by atoms with van der Waals surface area (Å²) in [6.07, 6.45) is -0.479. The van der Waals surface area contributed by atoms with Crippen molar-refractivity contribution in [3.05, 3.63) is 46.4 Å². The predicted molar refractivity (Wildman–Crippen MR) is 97.4 cm³/mol. The van der Waals surface area contributed by atoms with Gasteiger partial charge in [0.2, 0.25) is 0 Å². The van der Waals surface area contributed by atoms with Crippen LogP contribution < -0.4 is 0 Å². The Bertz CT molecular complexity index is 600. The molecule has 3 rings (SSSR count). The van der Waals surface area contributed by atoms with E-state index in [1.807, 2.05) is 0 Å². The third kappa shape index (κ3) is 4.10. The minimum atomic E-state index is -1.30. The third-order valence-electron chi connectivity index (χ3n) is 4.99. The zero-order valence-corrected chi connectivity index (χ0v) is 15.1. The Balaban J connectivity index is 1.61. The Morgan fingerprint density at radius 2 is 1.72 bits per heavy atom. The molecule has 0 amide bonds. The van der Waals surface area contributed by atoms with Crippen LogP contribution in [0.5, 0.6) is 0 Å². The molecule has 2 aliphatic heterocycles. The fraction of sp³-hybridized carbons (Fsp3) is 0.579. The lowest BCUT2D eigenvalue weighted by Gasteiger charge is -2.42. The average Bonchev–Trinajstić information content (AvgIpc) is 3.09. The van der Waals surface area contributed by atoms with Crippen LogP contribution >= 0.6 is 11.8 Å². The molecule has 4 N–H and O–H groups in total. The summed E-state index contributed by atoms with van der Waals surface area (Å²) in [6, 6.07) is 8.57. The Hall–Kier alpha value is -0.890. The first kappa shape index (κ1) is 18.9. The lowest BCUT2D eigenvalue weighted by molar-refractivity contribution is -0.228. The van der Waals surface area contributed by atoms with Gasteiger partial charge >= 0.3 is 0 Å². The van der Waals surface area contributed by atoms with Crippen LogP contribution in [0.4, 0.5) is 0 Å². The zero-order chi connectivity index (χ0) is 18.0. The number of aryl methyl sites for hydroxylation is 1. The highest BCUT2D eigenvalue weighted by atomic mass is 32.2. The van der Waals surface area contributed by atoms with Gasteiger partial charge in [0.15, 0.2) is 0 Å². The first-order valence-electron chi connectivity index (χ1n) is 8.77. The van der Waals surface area contributed by atoms with Gasteiger partial charge in [0, 0.05) is 11.7 Å². The van der Waals surface area contributed by atoms with Gasteiger partial charge in [-0.05, 0) is 28.9 Å².